The Labute approximate surface area is 113 Å². The fourth-order valence-electron chi connectivity index (χ4n) is 1.53. The van der Waals surface area contributed by atoms with Gasteiger partial charge in [0.05, 0.1) is 16.4 Å². The molecule has 0 aliphatic heterocycles. The van der Waals surface area contributed by atoms with Gasteiger partial charge < -0.3 is 16.0 Å². The van der Waals surface area contributed by atoms with Crippen molar-refractivity contribution in [3.8, 4) is 0 Å². The summed E-state index contributed by atoms with van der Waals surface area (Å²) in [6, 6.07) is 3.30. The summed E-state index contributed by atoms with van der Waals surface area (Å²) in [5.74, 6) is -0.487. The molecule has 0 bridgehead atoms. The lowest BCUT2D eigenvalue weighted by Gasteiger charge is -2.21. The van der Waals surface area contributed by atoms with Crippen LogP contribution in [0, 0.1) is 5.82 Å². The summed E-state index contributed by atoms with van der Waals surface area (Å²) >= 11 is 5.71. The lowest BCUT2D eigenvalue weighted by molar-refractivity contribution is 0.273. The summed E-state index contributed by atoms with van der Waals surface area (Å²) in [5.41, 5.74) is 6.78. The van der Waals surface area contributed by atoms with E-state index in [0.29, 0.717) is 17.4 Å². The van der Waals surface area contributed by atoms with Crippen molar-refractivity contribution in [3.63, 3.8) is 0 Å². The van der Waals surface area contributed by atoms with E-state index in [2.05, 4.69) is 31.1 Å². The van der Waals surface area contributed by atoms with Crippen LogP contribution >= 0.6 is 11.6 Å². The predicted octanol–water partition coefficient (Wildman–Crippen LogP) is 3.20. The number of nitrogens with two attached hydrogens (primary N) is 1. The number of nitrogens with one attached hydrogen (secondary N) is 1. The molecule has 0 radical (unpaired) electrons. The van der Waals surface area contributed by atoms with Crippen molar-refractivity contribution < 1.29 is 4.39 Å². The van der Waals surface area contributed by atoms with E-state index < -0.39 is 5.82 Å². The van der Waals surface area contributed by atoms with E-state index in [9.17, 15) is 4.39 Å². The third kappa shape index (κ3) is 4.35. The second-order valence-corrected chi connectivity index (χ2v) is 5.12. The van der Waals surface area contributed by atoms with Crippen molar-refractivity contribution in [3.05, 3.63) is 23.0 Å². The van der Waals surface area contributed by atoms with Crippen LogP contribution in [0.15, 0.2) is 12.1 Å². The Kier molecular flexibility index (Phi) is 5.69. The first-order valence-electron chi connectivity index (χ1n) is 6.10. The largest absolute Gasteiger partial charge is 0.397 e. The number of hydrogen-bond acceptors (Lipinski definition) is 3. The van der Waals surface area contributed by atoms with Crippen LogP contribution < -0.4 is 11.1 Å². The summed E-state index contributed by atoms with van der Waals surface area (Å²) in [5, 5.41) is 3.26. The molecule has 0 amide bonds. The molecular formula is C13H21ClFN3. The Morgan fingerprint density at radius 2 is 2.11 bits per heavy atom. The minimum atomic E-state index is -0.487. The zero-order chi connectivity index (χ0) is 13.7. The lowest BCUT2D eigenvalue weighted by atomic mass is 10.2. The average molecular weight is 274 g/mol. The van der Waals surface area contributed by atoms with E-state index in [1.165, 1.54) is 12.1 Å². The molecule has 0 spiro atoms. The molecule has 102 valence electrons. The minimum Gasteiger partial charge on any atom is -0.397 e. The first-order valence-corrected chi connectivity index (χ1v) is 6.48. The first kappa shape index (κ1) is 15.1. The molecule has 0 fully saturated rings. The number of nitrogens with zero attached hydrogens (tertiary/aromatic N) is 1. The maximum atomic E-state index is 13.1. The summed E-state index contributed by atoms with van der Waals surface area (Å²) in [7, 11) is 2.09. The Morgan fingerprint density at radius 3 is 2.72 bits per heavy atom. The number of nitrogen functional groups attached to an aromatic ring is 1. The molecule has 0 atom stereocenters. The van der Waals surface area contributed by atoms with Gasteiger partial charge in [-0.3, -0.25) is 0 Å². The molecule has 0 aliphatic rings. The maximum absolute atomic E-state index is 13.1. The molecule has 1 aromatic rings. The zero-order valence-corrected chi connectivity index (χ0v) is 11.9. The van der Waals surface area contributed by atoms with Gasteiger partial charge in [-0.25, -0.2) is 4.39 Å². The highest BCUT2D eigenvalue weighted by Gasteiger charge is 2.06. The van der Waals surface area contributed by atoms with Crippen LogP contribution in [-0.4, -0.2) is 31.1 Å². The smallest absolute Gasteiger partial charge is 0.143 e. The summed E-state index contributed by atoms with van der Waals surface area (Å²) in [6.45, 7) is 6.10. The molecule has 3 N–H and O–H groups in total. The zero-order valence-electron chi connectivity index (χ0n) is 11.1. The number of anilines is 2. The van der Waals surface area contributed by atoms with Gasteiger partial charge in [0.25, 0.3) is 0 Å². The topological polar surface area (TPSA) is 41.3 Å². The van der Waals surface area contributed by atoms with E-state index in [-0.39, 0.29) is 5.02 Å². The summed E-state index contributed by atoms with van der Waals surface area (Å²) < 4.78 is 13.1. The van der Waals surface area contributed by atoms with E-state index >= 15 is 0 Å². The standard InChI is InChI=1S/C13H21ClFN3/c1-9(2)18(3)6-4-5-17-13-7-10(14)11(15)8-12(13)16/h7-9,17H,4-6,16H2,1-3H3. The fourth-order valence-corrected chi connectivity index (χ4v) is 1.69. The van der Waals surface area contributed by atoms with Crippen molar-refractivity contribution in [1.29, 1.82) is 0 Å². The highest BCUT2D eigenvalue weighted by Crippen LogP contribution is 2.26. The van der Waals surface area contributed by atoms with Crippen molar-refractivity contribution in [2.75, 3.05) is 31.2 Å². The average Bonchev–Trinajstić information content (AvgIpc) is 2.30. The Balaban J connectivity index is 2.42. The van der Waals surface area contributed by atoms with Crippen LogP contribution in [0.2, 0.25) is 5.02 Å². The van der Waals surface area contributed by atoms with Crippen LogP contribution in [0.1, 0.15) is 20.3 Å². The van der Waals surface area contributed by atoms with Crippen LogP contribution in [-0.2, 0) is 0 Å². The Bertz CT molecular complexity index is 396. The molecule has 0 saturated carbocycles. The molecule has 0 aromatic heterocycles. The SMILES string of the molecule is CC(C)N(C)CCCNc1cc(Cl)c(F)cc1N. The predicted molar refractivity (Wildman–Crippen MR) is 76.7 cm³/mol. The Hall–Kier alpha value is -1.00. The van der Waals surface area contributed by atoms with E-state index in [1.807, 2.05) is 0 Å². The van der Waals surface area contributed by atoms with Gasteiger partial charge >= 0.3 is 0 Å². The first-order chi connectivity index (χ1) is 8.41. The quantitative estimate of drug-likeness (QED) is 0.618. The lowest BCUT2D eigenvalue weighted by Crippen LogP contribution is -2.28. The van der Waals surface area contributed by atoms with Crippen LogP contribution in [0.5, 0.6) is 0 Å². The molecule has 5 heteroatoms. The number of benzene rings is 1. The third-order valence-corrected chi connectivity index (χ3v) is 3.27. The monoisotopic (exact) mass is 273 g/mol. The van der Waals surface area contributed by atoms with Gasteiger partial charge in [0.15, 0.2) is 0 Å². The van der Waals surface area contributed by atoms with Crippen molar-refractivity contribution in [2.45, 2.75) is 26.3 Å². The van der Waals surface area contributed by atoms with Gasteiger partial charge in [-0.05, 0) is 39.9 Å². The normalized spacial score (nSPS) is 11.3. The summed E-state index contributed by atoms with van der Waals surface area (Å²) in [4.78, 5) is 2.27. The molecule has 0 aliphatic carbocycles. The van der Waals surface area contributed by atoms with Crippen molar-refractivity contribution in [1.82, 2.24) is 4.90 Å². The van der Waals surface area contributed by atoms with Gasteiger partial charge in [-0.15, -0.1) is 0 Å². The van der Waals surface area contributed by atoms with Gasteiger partial charge in [-0.1, -0.05) is 11.6 Å². The summed E-state index contributed by atoms with van der Waals surface area (Å²) in [6.07, 6.45) is 0.989. The van der Waals surface area contributed by atoms with Gasteiger partial charge in [0.2, 0.25) is 0 Å². The second kappa shape index (κ2) is 6.81. The molecule has 0 saturated heterocycles. The van der Waals surface area contributed by atoms with E-state index in [0.717, 1.165) is 19.5 Å². The third-order valence-electron chi connectivity index (χ3n) is 2.98. The molecule has 1 rings (SSSR count). The van der Waals surface area contributed by atoms with Crippen molar-refractivity contribution >= 4 is 23.0 Å². The van der Waals surface area contributed by atoms with Crippen LogP contribution in [0.25, 0.3) is 0 Å². The molecule has 0 unspecified atom stereocenters. The van der Waals surface area contributed by atoms with Crippen LogP contribution in [0.4, 0.5) is 15.8 Å². The number of hydrogen-bond donors (Lipinski definition) is 2. The molecule has 18 heavy (non-hydrogen) atoms. The van der Waals surface area contributed by atoms with Crippen LogP contribution in [0.3, 0.4) is 0 Å². The van der Waals surface area contributed by atoms with Gasteiger partial charge in [0.1, 0.15) is 5.82 Å². The fraction of sp³-hybridized carbons (Fsp3) is 0.538. The molecular weight excluding hydrogens is 253 g/mol. The minimum absolute atomic E-state index is 0.0889. The highest BCUT2D eigenvalue weighted by atomic mass is 35.5. The number of rotatable bonds is 6. The van der Waals surface area contributed by atoms with E-state index in [1.54, 1.807) is 0 Å². The number of halogens is 2. The molecule has 0 heterocycles. The molecule has 3 nitrogen and oxygen atoms in total. The molecule has 1 aromatic carbocycles. The van der Waals surface area contributed by atoms with Crippen molar-refractivity contribution in [2.24, 2.45) is 0 Å². The van der Waals surface area contributed by atoms with E-state index in [4.69, 9.17) is 17.3 Å². The van der Waals surface area contributed by atoms with Gasteiger partial charge in [-0.2, -0.15) is 0 Å². The highest BCUT2D eigenvalue weighted by molar-refractivity contribution is 6.31. The second-order valence-electron chi connectivity index (χ2n) is 4.71. The maximum Gasteiger partial charge on any atom is 0.143 e. The Morgan fingerprint density at radius 1 is 1.44 bits per heavy atom. The van der Waals surface area contributed by atoms with Gasteiger partial charge in [0, 0.05) is 18.7 Å².